The molecule has 0 aliphatic carbocycles. The second-order valence-corrected chi connectivity index (χ2v) is 8.23. The largest absolute Gasteiger partial charge is 0.496 e. The number of anilines is 1. The predicted octanol–water partition coefficient (Wildman–Crippen LogP) is 1.98. The van der Waals surface area contributed by atoms with Crippen LogP contribution in [0.1, 0.15) is 29.6 Å². The molecule has 9 nitrogen and oxygen atoms in total. The van der Waals surface area contributed by atoms with E-state index in [2.05, 4.69) is 10.2 Å². The van der Waals surface area contributed by atoms with E-state index in [9.17, 15) is 9.59 Å². The number of rotatable bonds is 7. The van der Waals surface area contributed by atoms with E-state index in [4.69, 9.17) is 31.5 Å². The molecule has 0 unspecified atom stereocenters. The van der Waals surface area contributed by atoms with Gasteiger partial charge in [-0.05, 0) is 25.3 Å². The molecular weight excluding hydrogens is 424 g/mol. The number of halogens is 1. The fourth-order valence-corrected chi connectivity index (χ4v) is 4.17. The molecule has 0 radical (unpaired) electrons. The summed E-state index contributed by atoms with van der Waals surface area (Å²) < 4.78 is 16.3. The van der Waals surface area contributed by atoms with Crippen molar-refractivity contribution >= 4 is 29.3 Å². The first-order valence-corrected chi connectivity index (χ1v) is 10.9. The van der Waals surface area contributed by atoms with Gasteiger partial charge >= 0.3 is 6.09 Å². The number of nitrogen functional groups attached to an aromatic ring is 1. The quantitative estimate of drug-likeness (QED) is 0.606. The fraction of sp³-hybridized carbons (Fsp3) is 0.619. The van der Waals surface area contributed by atoms with Crippen molar-refractivity contribution < 1.29 is 23.8 Å². The van der Waals surface area contributed by atoms with Crippen molar-refractivity contribution in [3.8, 4) is 5.75 Å². The third kappa shape index (κ3) is 5.93. The number of piperidine rings is 1. The van der Waals surface area contributed by atoms with Gasteiger partial charge in [-0.1, -0.05) is 11.6 Å². The van der Waals surface area contributed by atoms with Gasteiger partial charge in [0.05, 0.1) is 35.5 Å². The van der Waals surface area contributed by atoms with Gasteiger partial charge in [0, 0.05) is 45.9 Å². The number of carbonyl (C=O) groups excluding carboxylic acids is 2. The minimum absolute atomic E-state index is 0.165. The average Bonchev–Trinajstić information content (AvgIpc) is 3.31. The molecule has 172 valence electrons. The first kappa shape index (κ1) is 23.4. The minimum atomic E-state index is -0.293. The summed E-state index contributed by atoms with van der Waals surface area (Å²) in [5, 5.41) is 3.33. The molecule has 2 atom stereocenters. The maximum absolute atomic E-state index is 12.9. The lowest BCUT2D eigenvalue weighted by Gasteiger charge is -2.38. The molecule has 0 aromatic heterocycles. The van der Waals surface area contributed by atoms with Gasteiger partial charge in [0.15, 0.2) is 0 Å². The van der Waals surface area contributed by atoms with Crippen molar-refractivity contribution in [2.24, 2.45) is 0 Å². The number of methoxy groups -OCH3 is 2. The molecule has 2 heterocycles. The van der Waals surface area contributed by atoms with Crippen LogP contribution in [0.25, 0.3) is 0 Å². The molecule has 2 fully saturated rings. The van der Waals surface area contributed by atoms with Crippen LogP contribution in [0.5, 0.6) is 5.75 Å². The highest BCUT2D eigenvalue weighted by atomic mass is 35.5. The minimum Gasteiger partial charge on any atom is -0.496 e. The van der Waals surface area contributed by atoms with Crippen molar-refractivity contribution in [2.45, 2.75) is 31.4 Å². The van der Waals surface area contributed by atoms with Crippen molar-refractivity contribution in [3.05, 3.63) is 22.7 Å². The van der Waals surface area contributed by atoms with Crippen LogP contribution < -0.4 is 15.8 Å². The van der Waals surface area contributed by atoms with E-state index in [1.54, 1.807) is 12.0 Å². The number of hydrogen-bond acceptors (Lipinski definition) is 7. The predicted molar refractivity (Wildman–Crippen MR) is 118 cm³/mol. The summed E-state index contributed by atoms with van der Waals surface area (Å²) in [4.78, 5) is 28.8. The van der Waals surface area contributed by atoms with E-state index < -0.39 is 0 Å². The molecule has 2 amide bonds. The van der Waals surface area contributed by atoms with Crippen LogP contribution in [-0.2, 0) is 9.47 Å². The number of ether oxygens (including phenoxy) is 3. The number of likely N-dealkylation sites (tertiary alicyclic amines) is 2. The van der Waals surface area contributed by atoms with Gasteiger partial charge in [-0.15, -0.1) is 0 Å². The zero-order chi connectivity index (χ0) is 22.4. The summed E-state index contributed by atoms with van der Waals surface area (Å²) in [6, 6.07) is 2.88. The molecule has 2 aliphatic rings. The Morgan fingerprint density at radius 3 is 2.65 bits per heavy atom. The average molecular weight is 455 g/mol. The van der Waals surface area contributed by atoms with Crippen LogP contribution in [0.15, 0.2) is 12.1 Å². The SMILES string of the molecule is COc1cc(N)c(Cl)cc1C(=O)N[C@H]1CCN(CCOC(=O)N2CCCC2)C[C@H]1OC. The van der Waals surface area contributed by atoms with Crippen LogP contribution in [0.2, 0.25) is 5.02 Å². The molecule has 3 rings (SSSR count). The van der Waals surface area contributed by atoms with Gasteiger partial charge in [0.25, 0.3) is 5.91 Å². The molecule has 10 heteroatoms. The smallest absolute Gasteiger partial charge is 0.409 e. The Balaban J connectivity index is 1.51. The van der Waals surface area contributed by atoms with Crippen LogP contribution in [-0.4, -0.2) is 87.5 Å². The zero-order valence-corrected chi connectivity index (χ0v) is 18.8. The Morgan fingerprint density at radius 2 is 1.97 bits per heavy atom. The van der Waals surface area contributed by atoms with Gasteiger partial charge in [0.2, 0.25) is 0 Å². The lowest BCUT2D eigenvalue weighted by molar-refractivity contribution is 0.0000394. The molecule has 2 aliphatic heterocycles. The third-order valence-corrected chi connectivity index (χ3v) is 6.15. The Morgan fingerprint density at radius 1 is 1.23 bits per heavy atom. The highest BCUT2D eigenvalue weighted by Gasteiger charge is 2.31. The first-order chi connectivity index (χ1) is 14.9. The van der Waals surface area contributed by atoms with Gasteiger partial charge < -0.3 is 30.2 Å². The number of nitrogens with two attached hydrogens (primary N) is 1. The number of nitrogens with one attached hydrogen (secondary N) is 1. The highest BCUT2D eigenvalue weighted by Crippen LogP contribution is 2.29. The Hall–Kier alpha value is -2.23. The summed E-state index contributed by atoms with van der Waals surface area (Å²) in [5.41, 5.74) is 6.48. The van der Waals surface area contributed by atoms with Crippen molar-refractivity contribution in [1.29, 1.82) is 0 Å². The van der Waals surface area contributed by atoms with E-state index in [1.807, 2.05) is 0 Å². The first-order valence-electron chi connectivity index (χ1n) is 10.5. The van der Waals surface area contributed by atoms with E-state index >= 15 is 0 Å². The van der Waals surface area contributed by atoms with Gasteiger partial charge in [-0.2, -0.15) is 0 Å². The summed E-state index contributed by atoms with van der Waals surface area (Å²) in [6.07, 6.45) is 2.35. The molecular formula is C21H31ClN4O5. The molecule has 0 bridgehead atoms. The summed E-state index contributed by atoms with van der Waals surface area (Å²) in [6.45, 7) is 3.90. The Labute approximate surface area is 187 Å². The number of amides is 2. The standard InChI is InChI=1S/C21H31ClN4O5/c1-29-18-12-16(23)15(22)11-14(18)20(27)24-17-5-8-25(13-19(17)30-2)9-10-31-21(28)26-6-3-4-7-26/h11-12,17,19H,3-10,13,23H2,1-2H3,(H,24,27)/t17-,19+/m0/s1. The monoisotopic (exact) mass is 454 g/mol. The molecule has 0 spiro atoms. The molecule has 3 N–H and O–H groups in total. The Bertz CT molecular complexity index is 787. The van der Waals surface area contributed by atoms with Crippen LogP contribution in [0.3, 0.4) is 0 Å². The molecule has 1 aromatic rings. The second-order valence-electron chi connectivity index (χ2n) is 7.83. The van der Waals surface area contributed by atoms with Crippen LogP contribution >= 0.6 is 11.6 Å². The summed E-state index contributed by atoms with van der Waals surface area (Å²) in [7, 11) is 3.10. The molecule has 31 heavy (non-hydrogen) atoms. The molecule has 1 aromatic carbocycles. The maximum Gasteiger partial charge on any atom is 0.409 e. The lowest BCUT2D eigenvalue weighted by Crippen LogP contribution is -2.55. The van der Waals surface area contributed by atoms with Crippen molar-refractivity contribution in [2.75, 3.05) is 59.3 Å². The second kappa shape index (κ2) is 10.9. The lowest BCUT2D eigenvalue weighted by atomic mass is 10.0. The van der Waals surface area contributed by atoms with Crippen LogP contribution in [0.4, 0.5) is 10.5 Å². The topological polar surface area (TPSA) is 106 Å². The van der Waals surface area contributed by atoms with Crippen LogP contribution in [0, 0.1) is 0 Å². The number of benzene rings is 1. The number of nitrogens with zero attached hydrogens (tertiary/aromatic N) is 2. The summed E-state index contributed by atoms with van der Waals surface area (Å²) in [5.74, 6) is 0.0735. The third-order valence-electron chi connectivity index (χ3n) is 5.82. The fourth-order valence-electron chi connectivity index (χ4n) is 4.00. The van der Waals surface area contributed by atoms with E-state index in [0.29, 0.717) is 48.1 Å². The zero-order valence-electron chi connectivity index (χ0n) is 18.1. The molecule has 2 saturated heterocycles. The number of carbonyl (C=O) groups is 2. The maximum atomic E-state index is 12.9. The van der Waals surface area contributed by atoms with Gasteiger partial charge in [-0.3, -0.25) is 9.69 Å². The van der Waals surface area contributed by atoms with E-state index in [1.165, 1.54) is 19.2 Å². The highest BCUT2D eigenvalue weighted by molar-refractivity contribution is 6.33. The number of hydrogen-bond donors (Lipinski definition) is 2. The molecule has 0 saturated carbocycles. The van der Waals surface area contributed by atoms with E-state index in [0.717, 1.165) is 32.5 Å². The van der Waals surface area contributed by atoms with E-state index in [-0.39, 0.29) is 24.1 Å². The van der Waals surface area contributed by atoms with Gasteiger partial charge in [0.1, 0.15) is 12.4 Å². The van der Waals surface area contributed by atoms with Crippen molar-refractivity contribution in [1.82, 2.24) is 15.1 Å². The van der Waals surface area contributed by atoms with Crippen molar-refractivity contribution in [3.63, 3.8) is 0 Å². The Kier molecular flexibility index (Phi) is 8.22. The summed E-state index contributed by atoms with van der Waals surface area (Å²) >= 11 is 6.09. The normalized spacial score (nSPS) is 21.7. The van der Waals surface area contributed by atoms with Gasteiger partial charge in [-0.25, -0.2) is 4.79 Å².